The van der Waals surface area contributed by atoms with Crippen LogP contribution in [0, 0.1) is 10.1 Å². The number of sulfone groups is 1. The zero-order valence-corrected chi connectivity index (χ0v) is 16.6. The van der Waals surface area contributed by atoms with Gasteiger partial charge in [0.05, 0.1) is 11.5 Å². The van der Waals surface area contributed by atoms with Gasteiger partial charge >= 0.3 is 0 Å². The maximum Gasteiger partial charge on any atom is 0.288 e. The van der Waals surface area contributed by atoms with Crippen LogP contribution in [0.1, 0.15) is 5.56 Å². The number of amides is 1. The third-order valence-electron chi connectivity index (χ3n) is 4.51. The van der Waals surface area contributed by atoms with Gasteiger partial charge in [-0.15, -0.1) is 0 Å². The minimum absolute atomic E-state index is 0.0641. The Labute approximate surface area is 167 Å². The van der Waals surface area contributed by atoms with Gasteiger partial charge in [0, 0.05) is 42.7 Å². The average Bonchev–Trinajstić information content (AvgIpc) is 2.64. The normalized spacial score (nSPS) is 15.0. The molecule has 10 heteroatoms. The van der Waals surface area contributed by atoms with Crippen LogP contribution in [0.3, 0.4) is 0 Å². The number of piperazine rings is 1. The van der Waals surface area contributed by atoms with Gasteiger partial charge in [0.1, 0.15) is 4.90 Å². The van der Waals surface area contributed by atoms with Gasteiger partial charge in [0.25, 0.3) is 5.69 Å². The van der Waals surface area contributed by atoms with Crippen molar-refractivity contribution >= 4 is 38.7 Å². The molecule has 1 aliphatic heterocycles. The first-order valence-corrected chi connectivity index (χ1v) is 10.7. The van der Waals surface area contributed by atoms with E-state index in [4.69, 9.17) is 11.6 Å². The topological polar surface area (TPSA) is 101 Å². The van der Waals surface area contributed by atoms with E-state index < -0.39 is 20.4 Å². The summed E-state index contributed by atoms with van der Waals surface area (Å²) in [4.78, 5) is 26.0. The van der Waals surface area contributed by atoms with Crippen molar-refractivity contribution in [3.63, 3.8) is 0 Å². The van der Waals surface area contributed by atoms with Gasteiger partial charge in [-0.2, -0.15) is 0 Å². The highest BCUT2D eigenvalue weighted by Gasteiger charge is 2.27. The van der Waals surface area contributed by atoms with Gasteiger partial charge in [-0.05, 0) is 29.8 Å². The van der Waals surface area contributed by atoms with E-state index in [0.717, 1.165) is 17.9 Å². The molecule has 1 amide bonds. The number of nitro groups is 1. The molecule has 8 nitrogen and oxygen atoms in total. The third kappa shape index (κ3) is 4.42. The molecule has 0 atom stereocenters. The van der Waals surface area contributed by atoms with E-state index in [1.54, 1.807) is 21.9 Å². The number of carbonyl (C=O) groups excluding carboxylic acids is 1. The van der Waals surface area contributed by atoms with Gasteiger partial charge in [-0.1, -0.05) is 23.7 Å². The van der Waals surface area contributed by atoms with E-state index >= 15 is 0 Å². The monoisotopic (exact) mass is 423 g/mol. The molecule has 1 saturated heterocycles. The second-order valence-corrected chi connectivity index (χ2v) is 8.97. The molecule has 0 radical (unpaired) electrons. The average molecular weight is 424 g/mol. The molecular formula is C18H18ClN3O5S. The molecule has 28 heavy (non-hydrogen) atoms. The van der Waals surface area contributed by atoms with Crippen molar-refractivity contribution in [3.8, 4) is 0 Å². The number of halogens is 1. The van der Waals surface area contributed by atoms with Crippen molar-refractivity contribution in [2.75, 3.05) is 30.8 Å². The van der Waals surface area contributed by atoms with Crippen LogP contribution in [-0.2, 0) is 21.2 Å². The summed E-state index contributed by atoms with van der Waals surface area (Å²) in [6, 6.07) is 11.1. The largest absolute Gasteiger partial charge is 0.360 e. The van der Waals surface area contributed by atoms with E-state index in [-0.39, 0.29) is 17.3 Å². The van der Waals surface area contributed by atoms with Gasteiger partial charge in [0.15, 0.2) is 9.84 Å². The molecule has 0 aromatic heterocycles. The number of hydrogen-bond donors (Lipinski definition) is 0. The summed E-state index contributed by atoms with van der Waals surface area (Å²) in [6.07, 6.45) is 0.925. The van der Waals surface area contributed by atoms with Crippen molar-refractivity contribution in [1.29, 1.82) is 0 Å². The molecule has 0 bridgehead atoms. The fourth-order valence-corrected chi connectivity index (χ4v) is 4.04. The van der Waals surface area contributed by atoms with Crippen LogP contribution < -0.4 is 4.90 Å². The van der Waals surface area contributed by atoms with Crippen LogP contribution in [0.2, 0.25) is 5.02 Å². The summed E-state index contributed by atoms with van der Waals surface area (Å²) < 4.78 is 23.9. The maximum absolute atomic E-state index is 12.5. The van der Waals surface area contributed by atoms with Crippen LogP contribution in [0.4, 0.5) is 11.4 Å². The highest BCUT2D eigenvalue weighted by atomic mass is 35.5. The number of nitro benzene ring substituents is 1. The van der Waals surface area contributed by atoms with E-state index in [2.05, 4.69) is 0 Å². The molecule has 0 N–H and O–H groups in total. The Morgan fingerprint density at radius 1 is 1.14 bits per heavy atom. The van der Waals surface area contributed by atoms with E-state index in [9.17, 15) is 23.3 Å². The first-order valence-electron chi connectivity index (χ1n) is 8.41. The number of anilines is 1. The Morgan fingerprint density at radius 3 is 2.39 bits per heavy atom. The van der Waals surface area contributed by atoms with Gasteiger partial charge < -0.3 is 9.80 Å². The van der Waals surface area contributed by atoms with Crippen LogP contribution in [-0.4, -0.2) is 50.0 Å². The number of rotatable bonds is 5. The van der Waals surface area contributed by atoms with Crippen molar-refractivity contribution < 1.29 is 18.1 Å². The zero-order chi connectivity index (χ0) is 20.5. The summed E-state index contributed by atoms with van der Waals surface area (Å²) in [5, 5.41) is 11.7. The Balaban J connectivity index is 1.77. The second-order valence-electron chi connectivity index (χ2n) is 6.54. The summed E-state index contributed by atoms with van der Waals surface area (Å²) >= 11 is 5.87. The van der Waals surface area contributed by atoms with E-state index in [1.165, 1.54) is 12.1 Å². The number of nitrogens with zero attached hydrogens (tertiary/aromatic N) is 3. The molecule has 3 rings (SSSR count). The summed E-state index contributed by atoms with van der Waals surface area (Å²) in [5.74, 6) is -0.111. The number of carbonyl (C=O) groups is 1. The molecule has 1 heterocycles. The van der Waals surface area contributed by atoms with E-state index in [1.807, 2.05) is 12.1 Å². The van der Waals surface area contributed by atoms with Crippen LogP contribution in [0.15, 0.2) is 47.4 Å². The van der Waals surface area contributed by atoms with Crippen LogP contribution in [0.5, 0.6) is 0 Å². The molecule has 1 fully saturated rings. The fourth-order valence-electron chi connectivity index (χ4n) is 3.05. The lowest BCUT2D eigenvalue weighted by Crippen LogP contribution is -2.50. The summed E-state index contributed by atoms with van der Waals surface area (Å²) in [7, 11) is -3.78. The number of hydrogen-bond acceptors (Lipinski definition) is 6. The molecular weight excluding hydrogens is 406 g/mol. The van der Waals surface area contributed by atoms with Gasteiger partial charge in [-0.25, -0.2) is 8.42 Å². The molecule has 0 unspecified atom stereocenters. The van der Waals surface area contributed by atoms with Crippen LogP contribution in [0.25, 0.3) is 0 Å². The van der Waals surface area contributed by atoms with Gasteiger partial charge in [0.2, 0.25) is 5.91 Å². The van der Waals surface area contributed by atoms with Crippen LogP contribution >= 0.6 is 11.6 Å². The summed E-state index contributed by atoms with van der Waals surface area (Å²) in [6.45, 7) is 1.46. The third-order valence-corrected chi connectivity index (χ3v) is 5.89. The lowest BCUT2D eigenvalue weighted by atomic mass is 10.2. The summed E-state index contributed by atoms with van der Waals surface area (Å²) in [5.41, 5.74) is 0.949. The molecule has 0 aliphatic carbocycles. The number of benzene rings is 2. The molecule has 0 spiro atoms. The molecule has 1 aliphatic rings. The standard InChI is InChI=1S/C18H18ClN3O5S/c1-28(26,27)17-10-15(6-7-16(17)22(24)25)20-8-9-21(18(23)12-20)11-13-2-4-14(19)5-3-13/h2-7,10H,8-9,11-12H2,1H3. The van der Waals surface area contributed by atoms with Crippen molar-refractivity contribution in [1.82, 2.24) is 4.90 Å². The van der Waals surface area contributed by atoms with Crippen molar-refractivity contribution in [2.24, 2.45) is 0 Å². The highest BCUT2D eigenvalue weighted by molar-refractivity contribution is 7.90. The minimum Gasteiger partial charge on any atom is -0.360 e. The molecule has 2 aromatic rings. The Bertz CT molecular complexity index is 1020. The Morgan fingerprint density at radius 2 is 1.82 bits per heavy atom. The predicted octanol–water partition coefficient (Wildman–Crippen LogP) is 2.50. The first kappa shape index (κ1) is 20.1. The highest BCUT2D eigenvalue weighted by Crippen LogP contribution is 2.29. The molecule has 0 saturated carbocycles. The Hall–Kier alpha value is -2.65. The SMILES string of the molecule is CS(=O)(=O)c1cc(N2CCN(Cc3ccc(Cl)cc3)C(=O)C2)ccc1[N+](=O)[O-]. The lowest BCUT2D eigenvalue weighted by molar-refractivity contribution is -0.387. The zero-order valence-electron chi connectivity index (χ0n) is 15.0. The quantitative estimate of drug-likeness (QED) is 0.541. The lowest BCUT2D eigenvalue weighted by Gasteiger charge is -2.35. The predicted molar refractivity (Wildman–Crippen MR) is 105 cm³/mol. The fraction of sp³-hybridized carbons (Fsp3) is 0.278. The second kappa shape index (κ2) is 7.76. The van der Waals surface area contributed by atoms with Gasteiger partial charge in [-0.3, -0.25) is 14.9 Å². The van der Waals surface area contributed by atoms with Crippen molar-refractivity contribution in [3.05, 3.63) is 63.2 Å². The Kier molecular flexibility index (Phi) is 5.57. The molecule has 148 valence electrons. The molecule has 2 aromatic carbocycles. The minimum atomic E-state index is -3.78. The maximum atomic E-state index is 12.5. The smallest absolute Gasteiger partial charge is 0.288 e. The van der Waals surface area contributed by atoms with Crippen molar-refractivity contribution in [2.45, 2.75) is 11.4 Å². The first-order chi connectivity index (χ1) is 13.1. The van der Waals surface area contributed by atoms with E-state index in [0.29, 0.717) is 30.3 Å².